The van der Waals surface area contributed by atoms with E-state index in [1.807, 2.05) is 31.2 Å². The minimum atomic E-state index is -0.201. The van der Waals surface area contributed by atoms with Crippen LogP contribution in [0.5, 0.6) is 11.5 Å². The average Bonchev–Trinajstić information content (AvgIpc) is 3.17. The Labute approximate surface area is 149 Å². The van der Waals surface area contributed by atoms with Gasteiger partial charge in [0, 0.05) is 24.7 Å². The smallest absolute Gasteiger partial charge is 0.264 e. The molecule has 0 atom stereocenters. The number of nitriles is 1. The van der Waals surface area contributed by atoms with Crippen molar-refractivity contribution >= 4 is 12.0 Å². The molecule has 2 rings (SSSR count). The van der Waals surface area contributed by atoms with E-state index < -0.39 is 0 Å². The zero-order chi connectivity index (χ0) is 18.1. The molecule has 0 saturated carbocycles. The summed E-state index contributed by atoms with van der Waals surface area (Å²) in [6, 6.07) is 7.55. The fraction of sp³-hybridized carbons (Fsp3) is 0.500. The number of rotatable bonds is 8. The van der Waals surface area contributed by atoms with Crippen molar-refractivity contribution < 1.29 is 14.3 Å². The Bertz CT molecular complexity index is 655. The fourth-order valence-corrected chi connectivity index (χ4v) is 2.67. The second kappa shape index (κ2) is 9.73. The number of nitrogens with zero attached hydrogens (tertiary/aromatic N) is 2. The SMILES string of the molecule is CCCOc1ccc(/C=C(\C#N)C(=O)N2CCCC2)c(OCCC)c1. The first-order valence-electron chi connectivity index (χ1n) is 9.00. The lowest BCUT2D eigenvalue weighted by Gasteiger charge is -2.15. The normalized spacial score (nSPS) is 14.3. The number of carbonyl (C=O) groups excluding carboxylic acids is 1. The molecule has 25 heavy (non-hydrogen) atoms. The summed E-state index contributed by atoms with van der Waals surface area (Å²) in [4.78, 5) is 14.2. The number of amides is 1. The molecule has 0 N–H and O–H groups in total. The van der Waals surface area contributed by atoms with Gasteiger partial charge in [-0.15, -0.1) is 0 Å². The molecular weight excluding hydrogens is 316 g/mol. The number of likely N-dealkylation sites (tertiary alicyclic amines) is 1. The molecular formula is C20H26N2O3. The van der Waals surface area contributed by atoms with Crippen molar-refractivity contribution in [1.29, 1.82) is 5.26 Å². The van der Waals surface area contributed by atoms with Crippen LogP contribution >= 0.6 is 0 Å². The molecule has 1 aliphatic rings. The zero-order valence-electron chi connectivity index (χ0n) is 15.1. The summed E-state index contributed by atoms with van der Waals surface area (Å²) in [5, 5.41) is 9.42. The largest absolute Gasteiger partial charge is 0.493 e. The van der Waals surface area contributed by atoms with E-state index in [0.29, 0.717) is 19.0 Å². The van der Waals surface area contributed by atoms with E-state index in [0.717, 1.165) is 50.1 Å². The third-order valence-electron chi connectivity index (χ3n) is 3.96. The van der Waals surface area contributed by atoms with Crippen LogP contribution < -0.4 is 9.47 Å². The molecule has 1 amide bonds. The molecule has 1 saturated heterocycles. The van der Waals surface area contributed by atoms with Gasteiger partial charge in [0.2, 0.25) is 0 Å². The second-order valence-electron chi connectivity index (χ2n) is 6.07. The number of hydrogen-bond donors (Lipinski definition) is 0. The van der Waals surface area contributed by atoms with Crippen molar-refractivity contribution in [3.8, 4) is 17.6 Å². The van der Waals surface area contributed by atoms with Crippen molar-refractivity contribution in [3.63, 3.8) is 0 Å². The highest BCUT2D eigenvalue weighted by Crippen LogP contribution is 2.28. The predicted molar refractivity (Wildman–Crippen MR) is 97.4 cm³/mol. The van der Waals surface area contributed by atoms with Crippen LogP contribution in [0.25, 0.3) is 6.08 Å². The Morgan fingerprint density at radius 3 is 2.52 bits per heavy atom. The highest BCUT2D eigenvalue weighted by molar-refractivity contribution is 6.02. The third-order valence-corrected chi connectivity index (χ3v) is 3.96. The van der Waals surface area contributed by atoms with E-state index in [9.17, 15) is 10.1 Å². The fourth-order valence-electron chi connectivity index (χ4n) is 2.67. The van der Waals surface area contributed by atoms with E-state index in [2.05, 4.69) is 6.92 Å². The number of ether oxygens (including phenoxy) is 2. The molecule has 1 aromatic rings. The van der Waals surface area contributed by atoms with Crippen molar-refractivity contribution in [2.45, 2.75) is 39.5 Å². The maximum Gasteiger partial charge on any atom is 0.264 e. The van der Waals surface area contributed by atoms with Crippen molar-refractivity contribution in [2.24, 2.45) is 0 Å². The Kier molecular flexibility index (Phi) is 7.34. The molecule has 0 unspecified atom stereocenters. The van der Waals surface area contributed by atoms with Gasteiger partial charge in [-0.2, -0.15) is 5.26 Å². The van der Waals surface area contributed by atoms with E-state index >= 15 is 0 Å². The molecule has 1 aromatic carbocycles. The van der Waals surface area contributed by atoms with Gasteiger partial charge in [0.25, 0.3) is 5.91 Å². The molecule has 0 radical (unpaired) electrons. The molecule has 1 aliphatic heterocycles. The molecule has 0 aromatic heterocycles. The third kappa shape index (κ3) is 5.25. The number of hydrogen-bond acceptors (Lipinski definition) is 4. The van der Waals surface area contributed by atoms with E-state index in [4.69, 9.17) is 9.47 Å². The Morgan fingerprint density at radius 1 is 1.20 bits per heavy atom. The van der Waals surface area contributed by atoms with Gasteiger partial charge in [-0.3, -0.25) is 4.79 Å². The summed E-state index contributed by atoms with van der Waals surface area (Å²) < 4.78 is 11.4. The summed E-state index contributed by atoms with van der Waals surface area (Å²) in [5.41, 5.74) is 0.867. The van der Waals surface area contributed by atoms with Gasteiger partial charge in [-0.25, -0.2) is 0 Å². The lowest BCUT2D eigenvalue weighted by atomic mass is 10.1. The van der Waals surface area contributed by atoms with Crippen LogP contribution in [0.2, 0.25) is 0 Å². The Hall–Kier alpha value is -2.48. The molecule has 5 nitrogen and oxygen atoms in total. The van der Waals surface area contributed by atoms with Crippen molar-refractivity contribution in [1.82, 2.24) is 4.90 Å². The molecule has 1 heterocycles. The van der Waals surface area contributed by atoms with Gasteiger partial charge in [-0.1, -0.05) is 13.8 Å². The highest BCUT2D eigenvalue weighted by Gasteiger charge is 2.21. The molecule has 1 fully saturated rings. The summed E-state index contributed by atoms with van der Waals surface area (Å²) >= 11 is 0. The van der Waals surface area contributed by atoms with Gasteiger partial charge in [-0.05, 0) is 43.9 Å². The summed E-state index contributed by atoms with van der Waals surface area (Å²) in [7, 11) is 0. The standard InChI is InChI=1S/C20H26N2O3/c1-3-11-24-18-8-7-16(19(14-18)25-12-4-2)13-17(15-21)20(23)22-9-5-6-10-22/h7-8,13-14H,3-6,9-12H2,1-2H3/b17-13+. The van der Waals surface area contributed by atoms with Gasteiger partial charge in [0.15, 0.2) is 0 Å². The molecule has 134 valence electrons. The minimum Gasteiger partial charge on any atom is -0.493 e. The van der Waals surface area contributed by atoms with Crippen LogP contribution in [0.15, 0.2) is 23.8 Å². The van der Waals surface area contributed by atoms with Gasteiger partial charge < -0.3 is 14.4 Å². The molecule has 0 spiro atoms. The quantitative estimate of drug-likeness (QED) is 0.532. The van der Waals surface area contributed by atoms with E-state index in [1.54, 1.807) is 11.0 Å². The van der Waals surface area contributed by atoms with Crippen LogP contribution in [-0.4, -0.2) is 37.1 Å². The van der Waals surface area contributed by atoms with Crippen LogP contribution in [0.1, 0.15) is 45.1 Å². The molecule has 0 bridgehead atoms. The summed E-state index contributed by atoms with van der Waals surface area (Å²) in [5.74, 6) is 1.17. The Morgan fingerprint density at radius 2 is 1.88 bits per heavy atom. The summed E-state index contributed by atoms with van der Waals surface area (Å²) in [6.45, 7) is 6.74. The van der Waals surface area contributed by atoms with Crippen LogP contribution in [0, 0.1) is 11.3 Å². The lowest BCUT2D eigenvalue weighted by Crippen LogP contribution is -2.28. The highest BCUT2D eigenvalue weighted by atomic mass is 16.5. The maximum absolute atomic E-state index is 12.5. The van der Waals surface area contributed by atoms with Crippen LogP contribution in [0.4, 0.5) is 0 Å². The minimum absolute atomic E-state index is 0.144. The average molecular weight is 342 g/mol. The Balaban J connectivity index is 2.27. The van der Waals surface area contributed by atoms with Crippen molar-refractivity contribution in [2.75, 3.05) is 26.3 Å². The number of benzene rings is 1. The van der Waals surface area contributed by atoms with Crippen molar-refractivity contribution in [3.05, 3.63) is 29.3 Å². The first kappa shape index (κ1) is 18.9. The number of carbonyl (C=O) groups is 1. The van der Waals surface area contributed by atoms with Crippen LogP contribution in [0.3, 0.4) is 0 Å². The second-order valence-corrected chi connectivity index (χ2v) is 6.07. The maximum atomic E-state index is 12.5. The van der Waals surface area contributed by atoms with Gasteiger partial charge in [0.05, 0.1) is 13.2 Å². The zero-order valence-corrected chi connectivity index (χ0v) is 15.1. The monoisotopic (exact) mass is 342 g/mol. The predicted octanol–water partition coefficient (Wildman–Crippen LogP) is 3.79. The van der Waals surface area contributed by atoms with Gasteiger partial charge >= 0.3 is 0 Å². The first-order chi connectivity index (χ1) is 12.2. The lowest BCUT2D eigenvalue weighted by molar-refractivity contribution is -0.125. The van der Waals surface area contributed by atoms with Crippen LogP contribution in [-0.2, 0) is 4.79 Å². The topological polar surface area (TPSA) is 62.6 Å². The summed E-state index contributed by atoms with van der Waals surface area (Å²) in [6.07, 6.45) is 5.42. The molecule has 0 aliphatic carbocycles. The van der Waals surface area contributed by atoms with E-state index in [1.165, 1.54) is 0 Å². The van der Waals surface area contributed by atoms with E-state index in [-0.39, 0.29) is 11.5 Å². The van der Waals surface area contributed by atoms with Gasteiger partial charge in [0.1, 0.15) is 23.1 Å². The molecule has 5 heteroatoms. The first-order valence-corrected chi connectivity index (χ1v) is 9.00.